The van der Waals surface area contributed by atoms with Crippen LogP contribution in [0.4, 0.5) is 0 Å². The third kappa shape index (κ3) is 5.29. The minimum Gasteiger partial charge on any atom is -0.346 e. The summed E-state index contributed by atoms with van der Waals surface area (Å²) in [6.07, 6.45) is 9.33. The van der Waals surface area contributed by atoms with Crippen molar-refractivity contribution in [1.29, 1.82) is 0 Å². The smallest absolute Gasteiger partial charge is 0.243 e. The van der Waals surface area contributed by atoms with E-state index in [9.17, 15) is 9.59 Å². The molecule has 1 atom stereocenters. The van der Waals surface area contributed by atoms with Gasteiger partial charge in [-0.1, -0.05) is 18.2 Å². The van der Waals surface area contributed by atoms with Crippen molar-refractivity contribution in [3.05, 3.63) is 40.7 Å². The lowest BCUT2D eigenvalue weighted by atomic mass is 10.1. The number of aromatic nitrogens is 1. The standard InChI is InChI=1S/C17H23N5O2/c18-8-2-6-14(19)17(24)21-11-16(23)22-13-5-1-7-15-12(10-13)4-3-9-20-15/h3-5,7,9-10,14H,1-2,6,8,11,18-19H2,(H,21,24)(H,22,23). The van der Waals surface area contributed by atoms with E-state index in [1.807, 2.05) is 30.4 Å². The molecule has 0 fully saturated rings. The van der Waals surface area contributed by atoms with Crippen molar-refractivity contribution < 1.29 is 9.59 Å². The summed E-state index contributed by atoms with van der Waals surface area (Å²) in [5.41, 5.74) is 11.8. The molecule has 24 heavy (non-hydrogen) atoms. The van der Waals surface area contributed by atoms with Crippen molar-refractivity contribution in [3.63, 3.8) is 0 Å². The number of nitrogens with zero attached hydrogens (tertiary/aromatic N) is 1. The van der Waals surface area contributed by atoms with Gasteiger partial charge in [0.2, 0.25) is 11.8 Å². The van der Waals surface area contributed by atoms with Crippen molar-refractivity contribution in [2.24, 2.45) is 11.5 Å². The Balaban J connectivity index is 1.88. The maximum absolute atomic E-state index is 12.0. The molecule has 1 aliphatic carbocycles. The van der Waals surface area contributed by atoms with E-state index in [1.165, 1.54) is 0 Å². The Bertz CT molecular complexity index is 742. The fraction of sp³-hybridized carbons (Fsp3) is 0.353. The molecule has 1 aromatic heterocycles. The quantitative estimate of drug-likeness (QED) is 0.471. The van der Waals surface area contributed by atoms with E-state index >= 15 is 0 Å². The third-order valence-corrected chi connectivity index (χ3v) is 3.59. The second-order valence-corrected chi connectivity index (χ2v) is 5.52. The van der Waals surface area contributed by atoms with Crippen molar-refractivity contribution >= 4 is 24.0 Å². The molecule has 2 amide bonds. The normalized spacial score (nSPS) is 14.2. The molecule has 6 N–H and O–H groups in total. The highest BCUT2D eigenvalue weighted by Gasteiger charge is 2.14. The third-order valence-electron chi connectivity index (χ3n) is 3.59. The average Bonchev–Trinajstić information content (AvgIpc) is 2.79. The minimum atomic E-state index is -0.641. The first-order chi connectivity index (χ1) is 11.6. The lowest BCUT2D eigenvalue weighted by Crippen LogP contribution is -2.44. The molecule has 128 valence electrons. The zero-order chi connectivity index (χ0) is 17.4. The lowest BCUT2D eigenvalue weighted by Gasteiger charge is -2.12. The second kappa shape index (κ2) is 8.95. The summed E-state index contributed by atoms with van der Waals surface area (Å²) < 4.78 is 0. The van der Waals surface area contributed by atoms with Crippen molar-refractivity contribution in [2.45, 2.75) is 25.3 Å². The predicted molar refractivity (Wildman–Crippen MR) is 92.5 cm³/mol. The van der Waals surface area contributed by atoms with Crippen LogP contribution < -0.4 is 32.7 Å². The van der Waals surface area contributed by atoms with Gasteiger partial charge in [0.15, 0.2) is 0 Å². The number of nitrogens with one attached hydrogen (secondary N) is 2. The lowest BCUT2D eigenvalue weighted by molar-refractivity contribution is -0.126. The van der Waals surface area contributed by atoms with Crippen LogP contribution in [0, 0.1) is 0 Å². The van der Waals surface area contributed by atoms with Crippen molar-refractivity contribution in [2.75, 3.05) is 13.1 Å². The average molecular weight is 329 g/mol. The van der Waals surface area contributed by atoms with E-state index in [0.717, 1.165) is 10.6 Å². The van der Waals surface area contributed by atoms with Gasteiger partial charge < -0.3 is 22.1 Å². The van der Waals surface area contributed by atoms with Gasteiger partial charge in [-0.3, -0.25) is 14.6 Å². The Morgan fingerprint density at radius 3 is 2.96 bits per heavy atom. The van der Waals surface area contributed by atoms with Gasteiger partial charge in [0.05, 0.1) is 17.9 Å². The van der Waals surface area contributed by atoms with E-state index in [4.69, 9.17) is 11.5 Å². The van der Waals surface area contributed by atoms with Gasteiger partial charge in [0.1, 0.15) is 0 Å². The number of allylic oxidation sites excluding steroid dienone is 2. The number of amides is 2. The fourth-order valence-electron chi connectivity index (χ4n) is 2.31. The van der Waals surface area contributed by atoms with Gasteiger partial charge in [-0.05, 0) is 37.9 Å². The summed E-state index contributed by atoms with van der Waals surface area (Å²) in [6, 6.07) is 3.14. The largest absolute Gasteiger partial charge is 0.346 e. The van der Waals surface area contributed by atoms with E-state index in [2.05, 4.69) is 15.6 Å². The van der Waals surface area contributed by atoms with Crippen LogP contribution in [0.2, 0.25) is 0 Å². The Labute approximate surface area is 140 Å². The Kier molecular flexibility index (Phi) is 6.65. The van der Waals surface area contributed by atoms with Crippen molar-refractivity contribution in [3.8, 4) is 0 Å². The maximum Gasteiger partial charge on any atom is 0.243 e. The van der Waals surface area contributed by atoms with E-state index in [-0.39, 0.29) is 18.4 Å². The van der Waals surface area contributed by atoms with Crippen LogP contribution in [0.5, 0.6) is 0 Å². The van der Waals surface area contributed by atoms with E-state index in [1.54, 1.807) is 6.20 Å². The van der Waals surface area contributed by atoms with E-state index in [0.29, 0.717) is 31.5 Å². The molecular weight excluding hydrogens is 306 g/mol. The van der Waals surface area contributed by atoms with Gasteiger partial charge in [0, 0.05) is 17.1 Å². The maximum atomic E-state index is 12.0. The number of hydrogen-bond donors (Lipinski definition) is 4. The van der Waals surface area contributed by atoms with Crippen LogP contribution >= 0.6 is 0 Å². The monoisotopic (exact) mass is 329 g/mol. The number of carbonyl (C=O) groups excluding carboxylic acids is 2. The molecule has 0 spiro atoms. The molecule has 7 heteroatoms. The molecule has 1 unspecified atom stereocenters. The molecule has 0 aromatic carbocycles. The number of pyridine rings is 1. The molecule has 1 aliphatic rings. The van der Waals surface area contributed by atoms with Gasteiger partial charge in [0.25, 0.3) is 0 Å². The molecule has 7 nitrogen and oxygen atoms in total. The van der Waals surface area contributed by atoms with Gasteiger partial charge >= 0.3 is 0 Å². The highest BCUT2D eigenvalue weighted by atomic mass is 16.2. The molecular formula is C17H23N5O2. The van der Waals surface area contributed by atoms with Crippen molar-refractivity contribution in [1.82, 2.24) is 15.6 Å². The first-order valence-corrected chi connectivity index (χ1v) is 7.96. The van der Waals surface area contributed by atoms with Crippen LogP contribution in [0.3, 0.4) is 0 Å². The highest BCUT2D eigenvalue weighted by Crippen LogP contribution is 1.98. The van der Waals surface area contributed by atoms with Crippen LogP contribution in [-0.4, -0.2) is 35.9 Å². The summed E-state index contributed by atoms with van der Waals surface area (Å²) in [5, 5.41) is 7.14. The fourth-order valence-corrected chi connectivity index (χ4v) is 2.31. The zero-order valence-corrected chi connectivity index (χ0v) is 13.5. The number of fused-ring (bicyclic) bond motifs is 1. The summed E-state index contributed by atoms with van der Waals surface area (Å²) in [4.78, 5) is 28.1. The summed E-state index contributed by atoms with van der Waals surface area (Å²) in [7, 11) is 0. The summed E-state index contributed by atoms with van der Waals surface area (Å²) in [5.74, 6) is -0.649. The SMILES string of the molecule is NCCCC(N)C(=O)NCC(=O)NC1=CCC=c2ncccc2=C1. The molecule has 1 heterocycles. The number of nitrogens with two attached hydrogens (primary N) is 2. The molecule has 0 aliphatic heterocycles. The Morgan fingerprint density at radius 1 is 1.33 bits per heavy atom. The Hall–Kier alpha value is -2.51. The second-order valence-electron chi connectivity index (χ2n) is 5.52. The van der Waals surface area contributed by atoms with Gasteiger partial charge in [-0.15, -0.1) is 0 Å². The van der Waals surface area contributed by atoms with Crippen LogP contribution in [0.15, 0.2) is 30.1 Å². The van der Waals surface area contributed by atoms with Gasteiger partial charge in [-0.2, -0.15) is 0 Å². The molecule has 2 rings (SSSR count). The van der Waals surface area contributed by atoms with E-state index < -0.39 is 6.04 Å². The zero-order valence-electron chi connectivity index (χ0n) is 13.5. The molecule has 0 saturated heterocycles. The number of hydrogen-bond acceptors (Lipinski definition) is 5. The topological polar surface area (TPSA) is 123 Å². The van der Waals surface area contributed by atoms with Crippen LogP contribution in [0.25, 0.3) is 12.2 Å². The van der Waals surface area contributed by atoms with Gasteiger partial charge in [-0.25, -0.2) is 0 Å². The molecule has 0 bridgehead atoms. The van der Waals surface area contributed by atoms with Crippen LogP contribution in [0.1, 0.15) is 19.3 Å². The Morgan fingerprint density at radius 2 is 2.17 bits per heavy atom. The number of carbonyl (C=O) groups is 2. The van der Waals surface area contributed by atoms with Crippen LogP contribution in [-0.2, 0) is 9.59 Å². The molecule has 0 saturated carbocycles. The molecule has 0 radical (unpaired) electrons. The number of rotatable bonds is 7. The first kappa shape index (κ1) is 17.8. The predicted octanol–water partition coefficient (Wildman–Crippen LogP) is -1.77. The molecule has 1 aromatic rings. The summed E-state index contributed by atoms with van der Waals surface area (Å²) in [6.45, 7) is 0.364. The first-order valence-electron chi connectivity index (χ1n) is 7.96. The minimum absolute atomic E-state index is 0.121. The summed E-state index contributed by atoms with van der Waals surface area (Å²) >= 11 is 0. The highest BCUT2D eigenvalue weighted by molar-refractivity contribution is 5.88.